The molecule has 7 heteroatoms. The zero-order valence-corrected chi connectivity index (χ0v) is 10.6. The highest BCUT2D eigenvalue weighted by atomic mass is 32.7. The van der Waals surface area contributed by atoms with E-state index >= 15 is 0 Å². The van der Waals surface area contributed by atoms with Crippen molar-refractivity contribution in [2.24, 2.45) is 5.92 Å². The molecule has 0 aliphatic carbocycles. The van der Waals surface area contributed by atoms with Gasteiger partial charge in [0, 0.05) is 20.3 Å². The van der Waals surface area contributed by atoms with Crippen LogP contribution < -0.4 is 0 Å². The van der Waals surface area contributed by atoms with E-state index in [1.807, 2.05) is 0 Å². The lowest BCUT2D eigenvalue weighted by molar-refractivity contribution is 0.152. The van der Waals surface area contributed by atoms with E-state index in [0.717, 1.165) is 6.42 Å². The van der Waals surface area contributed by atoms with E-state index in [1.54, 1.807) is 7.11 Å². The molecule has 0 radical (unpaired) electrons. The minimum Gasteiger partial charge on any atom is -0.396 e. The summed E-state index contributed by atoms with van der Waals surface area (Å²) in [5.41, 5.74) is 0. The van der Waals surface area contributed by atoms with E-state index in [2.05, 4.69) is 16.8 Å². The van der Waals surface area contributed by atoms with Crippen LogP contribution in [0.25, 0.3) is 0 Å². The fraction of sp³-hybridized carbons (Fsp3) is 1.00. The van der Waals surface area contributed by atoms with Crippen LogP contribution in [0.3, 0.4) is 0 Å². The summed E-state index contributed by atoms with van der Waals surface area (Å²) in [5.74, 6) is 0.245. The van der Waals surface area contributed by atoms with Crippen LogP contribution in [0.1, 0.15) is 19.3 Å². The van der Waals surface area contributed by atoms with Crippen molar-refractivity contribution in [1.82, 2.24) is 0 Å². The number of thiol groups is 1. The van der Waals surface area contributed by atoms with Gasteiger partial charge in [0.05, 0.1) is 6.61 Å². The van der Waals surface area contributed by atoms with Crippen molar-refractivity contribution in [3.8, 4) is 0 Å². The van der Waals surface area contributed by atoms with Gasteiger partial charge >= 0.3 is 6.80 Å². The third-order valence-corrected chi connectivity index (χ3v) is 2.92. The molecule has 0 spiro atoms. The van der Waals surface area contributed by atoms with Gasteiger partial charge in [-0.15, -0.1) is 0 Å². The SMILES string of the molecule is COCCC(CCO)CCOP(=O)(O)S. The molecule has 5 nitrogen and oxygen atoms in total. The van der Waals surface area contributed by atoms with Gasteiger partial charge in [-0.3, -0.25) is 0 Å². The van der Waals surface area contributed by atoms with E-state index in [-0.39, 0.29) is 19.1 Å². The molecule has 0 saturated carbocycles. The smallest absolute Gasteiger partial charge is 0.383 e. The second-order valence-electron chi connectivity index (χ2n) is 3.27. The van der Waals surface area contributed by atoms with Crippen molar-refractivity contribution in [3.63, 3.8) is 0 Å². The number of rotatable bonds is 9. The van der Waals surface area contributed by atoms with Gasteiger partial charge in [0.25, 0.3) is 0 Å². The lowest BCUT2D eigenvalue weighted by atomic mass is 9.99. The molecule has 0 amide bonds. The third-order valence-electron chi connectivity index (χ3n) is 2.05. The third kappa shape index (κ3) is 10.7. The molecule has 0 heterocycles. The minimum absolute atomic E-state index is 0.103. The Labute approximate surface area is 95.5 Å². The number of hydrogen-bond acceptors (Lipinski definition) is 4. The molecule has 0 aliphatic rings. The molecule has 15 heavy (non-hydrogen) atoms. The fourth-order valence-electron chi connectivity index (χ4n) is 1.24. The summed E-state index contributed by atoms with van der Waals surface area (Å²) in [6, 6.07) is 0. The first-order valence-electron chi connectivity index (χ1n) is 4.79. The molecule has 0 aromatic heterocycles. The lowest BCUT2D eigenvalue weighted by Gasteiger charge is -2.15. The van der Waals surface area contributed by atoms with Crippen LogP contribution in [0.2, 0.25) is 0 Å². The summed E-state index contributed by atoms with van der Waals surface area (Å²) >= 11 is 3.39. The van der Waals surface area contributed by atoms with Crippen molar-refractivity contribution < 1.29 is 23.8 Å². The maximum atomic E-state index is 10.7. The summed E-state index contributed by atoms with van der Waals surface area (Å²) in [4.78, 5) is 8.76. The molecule has 2 atom stereocenters. The van der Waals surface area contributed by atoms with E-state index in [1.165, 1.54) is 0 Å². The quantitative estimate of drug-likeness (QED) is 0.431. The van der Waals surface area contributed by atoms with Crippen LogP contribution in [0.15, 0.2) is 0 Å². The molecule has 0 fully saturated rings. The van der Waals surface area contributed by atoms with Gasteiger partial charge in [0.15, 0.2) is 0 Å². The van der Waals surface area contributed by atoms with Crippen molar-refractivity contribution >= 4 is 19.0 Å². The van der Waals surface area contributed by atoms with Crippen LogP contribution in [0.4, 0.5) is 0 Å². The summed E-state index contributed by atoms with van der Waals surface area (Å²) in [6.45, 7) is -2.78. The molecule has 0 aliphatic heterocycles. The van der Waals surface area contributed by atoms with Crippen LogP contribution in [0, 0.1) is 5.92 Å². The van der Waals surface area contributed by atoms with Crippen LogP contribution >= 0.6 is 19.0 Å². The zero-order valence-electron chi connectivity index (χ0n) is 8.83. The molecular formula is C8H19O5PS. The first-order chi connectivity index (χ1) is 6.99. The van der Waals surface area contributed by atoms with E-state index in [4.69, 9.17) is 14.7 Å². The standard InChI is InChI=1S/C8H19O5PS/c1-12-6-3-8(2-5-9)4-7-13-14(10,11)15/h8-9H,2-7H2,1H3,(H2,10,11,15). The monoisotopic (exact) mass is 258 g/mol. The molecule has 0 bridgehead atoms. The van der Waals surface area contributed by atoms with Crippen molar-refractivity contribution in [2.75, 3.05) is 26.9 Å². The maximum Gasteiger partial charge on any atom is 0.383 e. The Morgan fingerprint density at radius 2 is 1.93 bits per heavy atom. The average Bonchev–Trinajstić information content (AvgIpc) is 2.12. The summed E-state index contributed by atoms with van der Waals surface area (Å²) < 4.78 is 20.3. The van der Waals surface area contributed by atoms with Crippen molar-refractivity contribution in [3.05, 3.63) is 0 Å². The maximum absolute atomic E-state index is 10.7. The predicted molar refractivity (Wildman–Crippen MR) is 61.1 cm³/mol. The predicted octanol–water partition coefficient (Wildman–Crippen LogP) is 1.46. The molecule has 92 valence electrons. The Morgan fingerprint density at radius 3 is 2.40 bits per heavy atom. The summed E-state index contributed by atoms with van der Waals surface area (Å²) in [7, 11) is 1.61. The first kappa shape index (κ1) is 15.4. The minimum atomic E-state index is -3.67. The second-order valence-corrected chi connectivity index (χ2v) is 6.03. The number of hydrogen-bond donors (Lipinski definition) is 3. The Bertz CT molecular complexity index is 195. The van der Waals surface area contributed by atoms with Gasteiger partial charge < -0.3 is 19.3 Å². The van der Waals surface area contributed by atoms with E-state index < -0.39 is 6.80 Å². The van der Waals surface area contributed by atoms with E-state index in [9.17, 15) is 4.57 Å². The number of ether oxygens (including phenoxy) is 1. The van der Waals surface area contributed by atoms with Crippen LogP contribution in [-0.2, 0) is 13.8 Å². The second kappa shape index (κ2) is 8.56. The molecule has 2 unspecified atom stereocenters. The van der Waals surface area contributed by atoms with Crippen LogP contribution in [0.5, 0.6) is 0 Å². The molecular weight excluding hydrogens is 239 g/mol. The van der Waals surface area contributed by atoms with Gasteiger partial charge in [0.2, 0.25) is 0 Å². The summed E-state index contributed by atoms with van der Waals surface area (Å²) in [5, 5.41) is 8.79. The molecule has 0 rings (SSSR count). The Hall–Kier alpha value is 0.420. The Balaban J connectivity index is 3.70. The molecule has 0 saturated heterocycles. The summed E-state index contributed by atoms with van der Waals surface area (Å²) in [6.07, 6.45) is 2.08. The highest BCUT2D eigenvalue weighted by molar-refractivity contribution is 8.44. The van der Waals surface area contributed by atoms with E-state index in [0.29, 0.717) is 19.4 Å². The van der Waals surface area contributed by atoms with Crippen LogP contribution in [-0.4, -0.2) is 36.9 Å². The molecule has 2 N–H and O–H groups in total. The van der Waals surface area contributed by atoms with Gasteiger partial charge in [-0.05, 0) is 25.2 Å². The highest BCUT2D eigenvalue weighted by Gasteiger charge is 2.14. The largest absolute Gasteiger partial charge is 0.396 e. The average molecular weight is 258 g/mol. The normalized spacial score (nSPS) is 17.3. The first-order valence-corrected chi connectivity index (χ1v) is 7.52. The topological polar surface area (TPSA) is 76.0 Å². The molecule has 0 aromatic rings. The molecule has 0 aromatic carbocycles. The van der Waals surface area contributed by atoms with Crippen molar-refractivity contribution in [1.29, 1.82) is 0 Å². The fourth-order valence-corrected chi connectivity index (χ4v) is 1.83. The zero-order chi connectivity index (χ0) is 11.7. The van der Waals surface area contributed by atoms with Gasteiger partial charge in [-0.2, -0.15) is 0 Å². The van der Waals surface area contributed by atoms with Gasteiger partial charge in [0.1, 0.15) is 0 Å². The number of aliphatic hydroxyl groups is 1. The van der Waals surface area contributed by atoms with Gasteiger partial charge in [-0.1, -0.05) is 12.2 Å². The lowest BCUT2D eigenvalue weighted by Crippen LogP contribution is -2.09. The number of aliphatic hydroxyl groups excluding tert-OH is 1. The van der Waals surface area contributed by atoms with Crippen molar-refractivity contribution in [2.45, 2.75) is 19.3 Å². The van der Waals surface area contributed by atoms with Gasteiger partial charge in [-0.25, -0.2) is 4.57 Å². The number of methoxy groups -OCH3 is 1. The Morgan fingerprint density at radius 1 is 1.33 bits per heavy atom. The highest BCUT2D eigenvalue weighted by Crippen LogP contribution is 2.46. The Kier molecular flexibility index (Phi) is 8.80.